The first-order chi connectivity index (χ1) is 13.1. The molecule has 1 aliphatic heterocycles. The number of anilines is 2. The summed E-state index contributed by atoms with van der Waals surface area (Å²) in [7, 11) is 0. The summed E-state index contributed by atoms with van der Waals surface area (Å²) in [5.41, 5.74) is 4.98. The van der Waals surface area contributed by atoms with Gasteiger partial charge in [0.15, 0.2) is 0 Å². The number of hydrogen-bond donors (Lipinski definition) is 1. The van der Waals surface area contributed by atoms with Gasteiger partial charge in [-0.05, 0) is 55.3 Å². The topological polar surface area (TPSA) is 49.4 Å². The quantitative estimate of drug-likeness (QED) is 0.754. The summed E-state index contributed by atoms with van der Waals surface area (Å²) >= 11 is 0. The summed E-state index contributed by atoms with van der Waals surface area (Å²) in [4.78, 5) is 27.3. The number of carbonyl (C=O) groups excluding carboxylic acids is 2. The molecule has 0 spiro atoms. The molecular weight excluding hydrogens is 336 g/mol. The van der Waals surface area contributed by atoms with Gasteiger partial charge in [-0.25, -0.2) is 0 Å². The Kier molecular flexibility index (Phi) is 4.47. The third kappa shape index (κ3) is 3.47. The minimum atomic E-state index is -0.227. The number of fused-ring (bicyclic) bond motifs is 1. The third-order valence-electron chi connectivity index (χ3n) is 4.81. The second-order valence-electron chi connectivity index (χ2n) is 6.74. The van der Waals surface area contributed by atoms with E-state index in [1.165, 1.54) is 5.56 Å². The molecule has 0 aliphatic carbocycles. The fraction of sp³-hybridized carbons (Fsp3) is 0.130. The van der Waals surface area contributed by atoms with Crippen LogP contribution in [0.25, 0.3) is 0 Å². The van der Waals surface area contributed by atoms with Crippen LogP contribution in [0, 0.1) is 6.92 Å². The van der Waals surface area contributed by atoms with Gasteiger partial charge in [0.2, 0.25) is 0 Å². The number of aryl methyl sites for hydroxylation is 1. The predicted octanol–water partition coefficient (Wildman–Crippen LogP) is 4.45. The smallest absolute Gasteiger partial charge is 0.258 e. The number of nitrogens with zero attached hydrogens (tertiary/aromatic N) is 1. The molecule has 0 aromatic heterocycles. The fourth-order valence-electron chi connectivity index (χ4n) is 3.34. The molecule has 0 saturated carbocycles. The second kappa shape index (κ2) is 7.08. The van der Waals surface area contributed by atoms with Gasteiger partial charge in [0.05, 0.1) is 0 Å². The van der Waals surface area contributed by atoms with Crippen LogP contribution in [0.15, 0.2) is 72.8 Å². The van der Waals surface area contributed by atoms with Crippen molar-refractivity contribution in [3.8, 4) is 0 Å². The zero-order valence-electron chi connectivity index (χ0n) is 15.1. The van der Waals surface area contributed by atoms with Crippen LogP contribution in [-0.2, 0) is 6.42 Å². The maximum atomic E-state index is 13.0. The van der Waals surface area contributed by atoms with Gasteiger partial charge in [0.25, 0.3) is 11.8 Å². The van der Waals surface area contributed by atoms with Crippen LogP contribution >= 0.6 is 0 Å². The van der Waals surface area contributed by atoms with E-state index in [1.807, 2.05) is 55.5 Å². The van der Waals surface area contributed by atoms with Crippen LogP contribution in [0.1, 0.15) is 31.8 Å². The number of benzene rings is 3. The Morgan fingerprint density at radius 3 is 2.44 bits per heavy atom. The monoisotopic (exact) mass is 356 g/mol. The lowest BCUT2D eigenvalue weighted by molar-refractivity contribution is 0.0989. The van der Waals surface area contributed by atoms with Crippen LogP contribution in [0.2, 0.25) is 0 Å². The molecule has 134 valence electrons. The Hall–Kier alpha value is -3.40. The van der Waals surface area contributed by atoms with Crippen LogP contribution in [0.5, 0.6) is 0 Å². The molecule has 0 atom stereocenters. The Labute approximate surface area is 158 Å². The molecule has 4 rings (SSSR count). The summed E-state index contributed by atoms with van der Waals surface area (Å²) in [6.45, 7) is 2.66. The lowest BCUT2D eigenvalue weighted by atomic mass is 10.1. The van der Waals surface area contributed by atoms with E-state index in [4.69, 9.17) is 0 Å². The first kappa shape index (κ1) is 17.0. The highest BCUT2D eigenvalue weighted by Gasteiger charge is 2.25. The molecule has 1 N–H and O–H groups in total. The molecule has 0 radical (unpaired) electrons. The highest BCUT2D eigenvalue weighted by molar-refractivity contribution is 6.10. The van der Waals surface area contributed by atoms with E-state index in [0.29, 0.717) is 17.7 Å². The summed E-state index contributed by atoms with van der Waals surface area (Å²) in [6, 6.07) is 22.4. The molecule has 2 amide bonds. The average Bonchev–Trinajstić information content (AvgIpc) is 3.13. The van der Waals surface area contributed by atoms with Gasteiger partial charge >= 0.3 is 0 Å². The van der Waals surface area contributed by atoms with Crippen molar-refractivity contribution >= 4 is 23.2 Å². The van der Waals surface area contributed by atoms with Gasteiger partial charge < -0.3 is 10.2 Å². The molecule has 0 fully saturated rings. The highest BCUT2D eigenvalue weighted by atomic mass is 16.2. The summed E-state index contributed by atoms with van der Waals surface area (Å²) in [6.07, 6.45) is 0.857. The minimum absolute atomic E-state index is 0.0788. The Bertz CT molecular complexity index is 1010. The molecule has 3 aromatic rings. The number of carbonyl (C=O) groups is 2. The lowest BCUT2D eigenvalue weighted by Crippen LogP contribution is -2.29. The van der Waals surface area contributed by atoms with Gasteiger partial charge in [-0.3, -0.25) is 9.59 Å². The van der Waals surface area contributed by atoms with Crippen LogP contribution in [0.4, 0.5) is 11.4 Å². The Morgan fingerprint density at radius 2 is 1.63 bits per heavy atom. The summed E-state index contributed by atoms with van der Waals surface area (Å²) in [5.74, 6) is -0.305. The maximum Gasteiger partial charge on any atom is 0.258 e. The van der Waals surface area contributed by atoms with Crippen molar-refractivity contribution in [1.29, 1.82) is 0 Å². The molecule has 3 aromatic carbocycles. The number of rotatable bonds is 3. The van der Waals surface area contributed by atoms with Crippen LogP contribution < -0.4 is 10.2 Å². The SMILES string of the molecule is Cc1ccc(NC(=O)c2cccc(C(=O)N3CCc4ccccc43)c2)cc1. The Balaban J connectivity index is 1.55. The van der Waals surface area contributed by atoms with E-state index < -0.39 is 0 Å². The van der Waals surface area contributed by atoms with Gasteiger partial charge in [0.1, 0.15) is 0 Å². The van der Waals surface area contributed by atoms with Crippen molar-refractivity contribution in [3.05, 3.63) is 95.1 Å². The number of hydrogen-bond acceptors (Lipinski definition) is 2. The van der Waals surface area contributed by atoms with Crippen LogP contribution in [-0.4, -0.2) is 18.4 Å². The molecule has 4 nitrogen and oxygen atoms in total. The van der Waals surface area contributed by atoms with Gasteiger partial charge in [-0.15, -0.1) is 0 Å². The van der Waals surface area contributed by atoms with Crippen molar-refractivity contribution in [2.75, 3.05) is 16.8 Å². The zero-order chi connectivity index (χ0) is 18.8. The van der Waals surface area contributed by atoms with Crippen molar-refractivity contribution in [1.82, 2.24) is 0 Å². The van der Waals surface area contributed by atoms with Crippen molar-refractivity contribution in [2.45, 2.75) is 13.3 Å². The number of para-hydroxylation sites is 1. The van der Waals surface area contributed by atoms with Crippen molar-refractivity contribution < 1.29 is 9.59 Å². The van der Waals surface area contributed by atoms with E-state index >= 15 is 0 Å². The lowest BCUT2D eigenvalue weighted by Gasteiger charge is -2.17. The number of amides is 2. The van der Waals surface area contributed by atoms with E-state index in [-0.39, 0.29) is 11.8 Å². The molecule has 27 heavy (non-hydrogen) atoms. The third-order valence-corrected chi connectivity index (χ3v) is 4.81. The van der Waals surface area contributed by atoms with E-state index in [2.05, 4.69) is 5.32 Å². The molecule has 1 aliphatic rings. The zero-order valence-corrected chi connectivity index (χ0v) is 15.1. The van der Waals surface area contributed by atoms with E-state index in [9.17, 15) is 9.59 Å². The maximum absolute atomic E-state index is 13.0. The molecule has 1 heterocycles. The first-order valence-corrected chi connectivity index (χ1v) is 9.00. The van der Waals surface area contributed by atoms with E-state index in [1.54, 1.807) is 29.2 Å². The largest absolute Gasteiger partial charge is 0.322 e. The van der Waals surface area contributed by atoms with Gasteiger partial charge in [-0.1, -0.05) is 42.0 Å². The van der Waals surface area contributed by atoms with Crippen molar-refractivity contribution in [3.63, 3.8) is 0 Å². The summed E-state index contributed by atoms with van der Waals surface area (Å²) < 4.78 is 0. The minimum Gasteiger partial charge on any atom is -0.322 e. The standard InChI is InChI=1S/C23H20N2O2/c1-16-9-11-20(12-10-16)24-22(26)18-6-4-7-19(15-18)23(27)25-14-13-17-5-2-3-8-21(17)25/h2-12,15H,13-14H2,1H3,(H,24,26). The molecule has 0 unspecified atom stereocenters. The highest BCUT2D eigenvalue weighted by Crippen LogP contribution is 2.29. The van der Waals surface area contributed by atoms with Crippen LogP contribution in [0.3, 0.4) is 0 Å². The van der Waals surface area contributed by atoms with E-state index in [0.717, 1.165) is 23.4 Å². The molecule has 4 heteroatoms. The molecule has 0 bridgehead atoms. The number of nitrogens with one attached hydrogen (secondary N) is 1. The normalized spacial score (nSPS) is 12.6. The first-order valence-electron chi connectivity index (χ1n) is 9.00. The summed E-state index contributed by atoms with van der Waals surface area (Å²) in [5, 5.41) is 2.87. The fourth-order valence-corrected chi connectivity index (χ4v) is 3.34. The molecular formula is C23H20N2O2. The second-order valence-corrected chi connectivity index (χ2v) is 6.74. The van der Waals surface area contributed by atoms with Crippen molar-refractivity contribution in [2.24, 2.45) is 0 Å². The van der Waals surface area contributed by atoms with Gasteiger partial charge in [-0.2, -0.15) is 0 Å². The molecule has 0 saturated heterocycles. The Morgan fingerprint density at radius 1 is 0.889 bits per heavy atom. The average molecular weight is 356 g/mol. The van der Waals surface area contributed by atoms with Gasteiger partial charge in [0, 0.05) is 29.0 Å². The predicted molar refractivity (Wildman–Crippen MR) is 107 cm³/mol.